The summed E-state index contributed by atoms with van der Waals surface area (Å²) in [6.07, 6.45) is 2.13. The van der Waals surface area contributed by atoms with Crippen molar-refractivity contribution in [1.29, 1.82) is 0 Å². The van der Waals surface area contributed by atoms with Gasteiger partial charge in [0, 0.05) is 19.6 Å². The van der Waals surface area contributed by atoms with Crippen molar-refractivity contribution in [3.63, 3.8) is 0 Å². The highest BCUT2D eigenvalue weighted by Gasteiger charge is 2.24. The van der Waals surface area contributed by atoms with E-state index in [9.17, 15) is 4.79 Å². The molecule has 1 rings (SSSR count). The van der Waals surface area contributed by atoms with Crippen LogP contribution in [0.3, 0.4) is 0 Å². The zero-order chi connectivity index (χ0) is 12.9. The summed E-state index contributed by atoms with van der Waals surface area (Å²) in [5.41, 5.74) is 0.126. The second kappa shape index (κ2) is 9.81. The molecule has 116 valence electrons. The Balaban J connectivity index is 0. The number of carbonyl (C=O) groups is 1. The van der Waals surface area contributed by atoms with Gasteiger partial charge < -0.3 is 15.5 Å². The van der Waals surface area contributed by atoms with E-state index in [0.29, 0.717) is 0 Å². The standard InChI is InChI=1S/C13H27N3O.2ClH/c1-13(2,10-16(3)4)9-15-12(17)11-6-5-7-14-8-11;;/h11,14H,5-10H2,1-4H3,(H,15,17);2*1H. The number of carbonyl (C=O) groups excluding carboxylic acids is 1. The summed E-state index contributed by atoms with van der Waals surface area (Å²) in [5.74, 6) is 0.378. The van der Waals surface area contributed by atoms with Crippen LogP contribution in [0.25, 0.3) is 0 Å². The van der Waals surface area contributed by atoms with E-state index in [1.807, 2.05) is 0 Å². The number of piperidine rings is 1. The molecule has 1 heterocycles. The normalized spacial score (nSPS) is 19.3. The molecule has 1 unspecified atom stereocenters. The SMILES string of the molecule is CN(C)CC(C)(C)CNC(=O)C1CCCNC1.Cl.Cl. The average Bonchev–Trinajstić information content (AvgIpc) is 2.25. The van der Waals surface area contributed by atoms with Crippen LogP contribution in [0.2, 0.25) is 0 Å². The van der Waals surface area contributed by atoms with E-state index in [2.05, 4.69) is 43.5 Å². The van der Waals surface area contributed by atoms with Crippen molar-refractivity contribution in [2.75, 3.05) is 40.3 Å². The van der Waals surface area contributed by atoms with Gasteiger partial charge in [0.15, 0.2) is 0 Å². The summed E-state index contributed by atoms with van der Waals surface area (Å²) in [5, 5.41) is 6.37. The second-order valence-electron chi connectivity index (χ2n) is 6.16. The van der Waals surface area contributed by atoms with Gasteiger partial charge in [0.2, 0.25) is 5.91 Å². The van der Waals surface area contributed by atoms with E-state index < -0.39 is 0 Å². The highest BCUT2D eigenvalue weighted by molar-refractivity contribution is 5.85. The fourth-order valence-corrected chi connectivity index (χ4v) is 2.46. The van der Waals surface area contributed by atoms with Crippen LogP contribution in [-0.4, -0.2) is 51.1 Å². The van der Waals surface area contributed by atoms with Crippen LogP contribution in [0.1, 0.15) is 26.7 Å². The number of nitrogens with one attached hydrogen (secondary N) is 2. The molecular formula is C13H29Cl2N3O. The zero-order valence-corrected chi connectivity index (χ0v) is 14.1. The molecule has 0 aromatic rings. The van der Waals surface area contributed by atoms with Gasteiger partial charge in [0.1, 0.15) is 0 Å². The Kier molecular flexibility index (Phi) is 11.0. The van der Waals surface area contributed by atoms with Crippen LogP contribution in [0, 0.1) is 11.3 Å². The first-order chi connectivity index (χ1) is 7.91. The third kappa shape index (κ3) is 8.69. The van der Waals surface area contributed by atoms with Crippen LogP contribution in [0.15, 0.2) is 0 Å². The Morgan fingerprint density at radius 2 is 2.00 bits per heavy atom. The molecule has 1 saturated heterocycles. The molecule has 2 N–H and O–H groups in total. The van der Waals surface area contributed by atoms with Crippen molar-refractivity contribution in [2.24, 2.45) is 11.3 Å². The minimum atomic E-state index is 0. The molecule has 19 heavy (non-hydrogen) atoms. The molecule has 0 radical (unpaired) electrons. The minimum absolute atomic E-state index is 0. The lowest BCUT2D eigenvalue weighted by Gasteiger charge is -2.30. The molecule has 1 amide bonds. The summed E-state index contributed by atoms with van der Waals surface area (Å²) in [6.45, 7) is 7.99. The number of hydrogen-bond acceptors (Lipinski definition) is 3. The lowest BCUT2D eigenvalue weighted by Crippen LogP contribution is -2.45. The number of amides is 1. The van der Waals surface area contributed by atoms with Crippen molar-refractivity contribution in [2.45, 2.75) is 26.7 Å². The fraction of sp³-hybridized carbons (Fsp3) is 0.923. The van der Waals surface area contributed by atoms with Crippen LogP contribution in [0.4, 0.5) is 0 Å². The second-order valence-corrected chi connectivity index (χ2v) is 6.16. The van der Waals surface area contributed by atoms with Gasteiger partial charge in [-0.05, 0) is 38.9 Å². The Hall–Kier alpha value is -0.0300. The van der Waals surface area contributed by atoms with Gasteiger partial charge in [0.25, 0.3) is 0 Å². The first kappa shape index (κ1) is 21.3. The van der Waals surface area contributed by atoms with Gasteiger partial charge in [-0.15, -0.1) is 24.8 Å². The number of rotatable bonds is 5. The van der Waals surface area contributed by atoms with Crippen LogP contribution in [0.5, 0.6) is 0 Å². The Bertz CT molecular complexity index is 254. The van der Waals surface area contributed by atoms with E-state index in [1.165, 1.54) is 0 Å². The van der Waals surface area contributed by atoms with Crippen molar-refractivity contribution in [3.8, 4) is 0 Å². The van der Waals surface area contributed by atoms with Crippen LogP contribution < -0.4 is 10.6 Å². The number of halogens is 2. The summed E-state index contributed by atoms with van der Waals surface area (Å²) >= 11 is 0. The molecule has 1 aliphatic heterocycles. The maximum absolute atomic E-state index is 12.0. The third-order valence-corrected chi connectivity index (χ3v) is 3.15. The van der Waals surface area contributed by atoms with Gasteiger partial charge in [-0.25, -0.2) is 0 Å². The van der Waals surface area contributed by atoms with Crippen molar-refractivity contribution < 1.29 is 4.79 Å². The average molecular weight is 314 g/mol. The maximum Gasteiger partial charge on any atom is 0.224 e. The van der Waals surface area contributed by atoms with Gasteiger partial charge in [-0.1, -0.05) is 13.8 Å². The third-order valence-electron chi connectivity index (χ3n) is 3.15. The maximum atomic E-state index is 12.0. The summed E-state index contributed by atoms with van der Waals surface area (Å²) < 4.78 is 0. The smallest absolute Gasteiger partial charge is 0.224 e. The monoisotopic (exact) mass is 313 g/mol. The highest BCUT2D eigenvalue weighted by atomic mass is 35.5. The van der Waals surface area contributed by atoms with Crippen LogP contribution >= 0.6 is 24.8 Å². The first-order valence-electron chi connectivity index (χ1n) is 6.54. The molecule has 0 spiro atoms. The molecule has 1 aliphatic rings. The molecule has 1 fully saturated rings. The molecule has 0 aromatic heterocycles. The molecule has 0 saturated carbocycles. The summed E-state index contributed by atoms with van der Waals surface area (Å²) in [7, 11) is 4.13. The van der Waals surface area contributed by atoms with Crippen molar-refractivity contribution in [3.05, 3.63) is 0 Å². The predicted octanol–water partition coefficient (Wildman–Crippen LogP) is 1.53. The molecule has 0 bridgehead atoms. The molecular weight excluding hydrogens is 285 g/mol. The zero-order valence-electron chi connectivity index (χ0n) is 12.5. The topological polar surface area (TPSA) is 44.4 Å². The Morgan fingerprint density at radius 1 is 1.37 bits per heavy atom. The van der Waals surface area contributed by atoms with E-state index in [4.69, 9.17) is 0 Å². The Labute approximate surface area is 129 Å². The molecule has 0 aliphatic carbocycles. The fourth-order valence-electron chi connectivity index (χ4n) is 2.46. The minimum Gasteiger partial charge on any atom is -0.355 e. The number of hydrogen-bond donors (Lipinski definition) is 2. The van der Waals surface area contributed by atoms with Gasteiger partial charge in [0.05, 0.1) is 5.92 Å². The summed E-state index contributed by atoms with van der Waals surface area (Å²) in [6, 6.07) is 0. The number of nitrogens with zero attached hydrogens (tertiary/aromatic N) is 1. The van der Waals surface area contributed by atoms with Gasteiger partial charge >= 0.3 is 0 Å². The molecule has 4 nitrogen and oxygen atoms in total. The summed E-state index contributed by atoms with van der Waals surface area (Å²) in [4.78, 5) is 14.1. The van der Waals surface area contributed by atoms with Gasteiger partial charge in [-0.3, -0.25) is 4.79 Å². The molecule has 6 heteroatoms. The largest absolute Gasteiger partial charge is 0.355 e. The van der Waals surface area contributed by atoms with Crippen molar-refractivity contribution in [1.82, 2.24) is 15.5 Å². The predicted molar refractivity (Wildman–Crippen MR) is 85.4 cm³/mol. The molecule has 0 aromatic carbocycles. The van der Waals surface area contributed by atoms with E-state index in [-0.39, 0.29) is 42.1 Å². The van der Waals surface area contributed by atoms with E-state index in [1.54, 1.807) is 0 Å². The first-order valence-corrected chi connectivity index (χ1v) is 6.54. The molecule has 1 atom stereocenters. The quantitative estimate of drug-likeness (QED) is 0.809. The van der Waals surface area contributed by atoms with E-state index >= 15 is 0 Å². The van der Waals surface area contributed by atoms with Gasteiger partial charge in [-0.2, -0.15) is 0 Å². The van der Waals surface area contributed by atoms with E-state index in [0.717, 1.165) is 39.0 Å². The Morgan fingerprint density at radius 3 is 2.47 bits per heavy atom. The lowest BCUT2D eigenvalue weighted by atomic mass is 9.92. The van der Waals surface area contributed by atoms with Crippen LogP contribution in [-0.2, 0) is 4.79 Å². The highest BCUT2D eigenvalue weighted by Crippen LogP contribution is 2.15. The lowest BCUT2D eigenvalue weighted by molar-refractivity contribution is -0.126. The van der Waals surface area contributed by atoms with Crippen molar-refractivity contribution >= 4 is 30.7 Å².